The van der Waals surface area contributed by atoms with E-state index in [1.54, 1.807) is 16.8 Å². The second kappa shape index (κ2) is 5.63. The number of hydrogen-bond donors (Lipinski definition) is 1. The van der Waals surface area contributed by atoms with E-state index >= 15 is 0 Å². The molecule has 0 aliphatic rings. The van der Waals surface area contributed by atoms with Crippen molar-refractivity contribution in [3.63, 3.8) is 0 Å². The zero-order valence-electron chi connectivity index (χ0n) is 11.3. The molecule has 2 aromatic rings. The molecule has 20 heavy (non-hydrogen) atoms. The van der Waals surface area contributed by atoms with Gasteiger partial charge in [0, 0.05) is 24.2 Å². The first-order chi connectivity index (χ1) is 9.40. The lowest BCUT2D eigenvalue weighted by Crippen LogP contribution is -2.15. The largest absolute Gasteiger partial charge is 0.370 e. The van der Waals surface area contributed by atoms with E-state index in [1.165, 1.54) is 6.07 Å². The van der Waals surface area contributed by atoms with Crippen molar-refractivity contribution in [2.75, 3.05) is 0 Å². The molecule has 106 valence electrons. The Balaban J connectivity index is 2.41. The third-order valence-electron chi connectivity index (χ3n) is 3.16. The number of aromatic nitrogens is 2. The van der Waals surface area contributed by atoms with E-state index < -0.39 is 5.82 Å². The van der Waals surface area contributed by atoms with Gasteiger partial charge < -0.3 is 5.73 Å². The van der Waals surface area contributed by atoms with E-state index in [0.717, 1.165) is 22.5 Å². The van der Waals surface area contributed by atoms with Crippen LogP contribution in [0.1, 0.15) is 17.8 Å². The summed E-state index contributed by atoms with van der Waals surface area (Å²) < 4.78 is 15.0. The lowest BCUT2D eigenvalue weighted by Gasteiger charge is -2.05. The second-order valence-electron chi connectivity index (χ2n) is 4.61. The molecule has 0 saturated carbocycles. The minimum absolute atomic E-state index is 0.0752. The third kappa shape index (κ3) is 2.82. The third-order valence-corrected chi connectivity index (χ3v) is 3.45. The Morgan fingerprint density at radius 1 is 1.45 bits per heavy atom. The van der Waals surface area contributed by atoms with Gasteiger partial charge in [0.15, 0.2) is 0 Å². The highest BCUT2D eigenvalue weighted by Gasteiger charge is 2.15. The van der Waals surface area contributed by atoms with Crippen LogP contribution in [0, 0.1) is 19.7 Å². The fourth-order valence-electron chi connectivity index (χ4n) is 2.20. The number of rotatable bonds is 4. The second-order valence-corrected chi connectivity index (χ2v) is 5.02. The summed E-state index contributed by atoms with van der Waals surface area (Å²) in [5, 5.41) is 4.46. The summed E-state index contributed by atoms with van der Waals surface area (Å²) in [6.07, 6.45) is 0.228. The van der Waals surface area contributed by atoms with E-state index in [-0.39, 0.29) is 17.4 Å². The van der Waals surface area contributed by atoms with Crippen LogP contribution >= 0.6 is 11.6 Å². The van der Waals surface area contributed by atoms with Crippen LogP contribution in [0.15, 0.2) is 18.2 Å². The average Bonchev–Trinajstić information content (AvgIpc) is 2.65. The molecule has 0 unspecified atom stereocenters. The number of hydrogen-bond acceptors (Lipinski definition) is 2. The number of primary amides is 1. The Morgan fingerprint density at radius 2 is 2.15 bits per heavy atom. The molecule has 0 atom stereocenters. The summed E-state index contributed by atoms with van der Waals surface area (Å²) in [6.45, 7) is 4.19. The molecular formula is C14H15ClFN3O. The highest BCUT2D eigenvalue weighted by Crippen LogP contribution is 2.30. The van der Waals surface area contributed by atoms with Gasteiger partial charge in [0.1, 0.15) is 5.82 Å². The predicted octanol–water partition coefficient (Wildman–Crippen LogP) is 2.83. The van der Waals surface area contributed by atoms with Crippen LogP contribution in [0.25, 0.3) is 11.1 Å². The average molecular weight is 296 g/mol. The van der Waals surface area contributed by atoms with Gasteiger partial charge in [-0.25, -0.2) is 4.39 Å². The summed E-state index contributed by atoms with van der Waals surface area (Å²) in [4.78, 5) is 10.8. The van der Waals surface area contributed by atoms with E-state index in [4.69, 9.17) is 17.3 Å². The Morgan fingerprint density at radius 3 is 2.75 bits per heavy atom. The van der Waals surface area contributed by atoms with Crippen molar-refractivity contribution in [2.45, 2.75) is 26.8 Å². The van der Waals surface area contributed by atoms with Crippen molar-refractivity contribution in [2.24, 2.45) is 5.73 Å². The molecule has 6 heteroatoms. The number of nitrogens with two attached hydrogens (primary N) is 1. The monoisotopic (exact) mass is 295 g/mol. The fraction of sp³-hybridized carbons (Fsp3) is 0.286. The minimum atomic E-state index is -0.452. The number of carbonyl (C=O) groups excluding carboxylic acids is 1. The van der Waals surface area contributed by atoms with Crippen molar-refractivity contribution in [1.82, 2.24) is 9.78 Å². The molecule has 0 aliphatic carbocycles. The van der Waals surface area contributed by atoms with E-state index in [2.05, 4.69) is 5.10 Å². The van der Waals surface area contributed by atoms with Gasteiger partial charge in [-0.1, -0.05) is 17.7 Å². The molecule has 2 rings (SSSR count). The molecule has 0 fully saturated rings. The standard InChI is InChI=1S/C14H15ClFN3O/c1-8-14(10-3-4-12(16)11(15)7-10)9(2)19(18-8)6-5-13(17)20/h3-4,7H,5-6H2,1-2H3,(H2,17,20). The molecular weight excluding hydrogens is 281 g/mol. The molecule has 1 aromatic carbocycles. The topological polar surface area (TPSA) is 60.9 Å². The quantitative estimate of drug-likeness (QED) is 0.943. The number of halogens is 2. The zero-order valence-corrected chi connectivity index (χ0v) is 12.0. The predicted molar refractivity (Wildman–Crippen MR) is 75.9 cm³/mol. The van der Waals surface area contributed by atoms with Gasteiger partial charge >= 0.3 is 0 Å². The lowest BCUT2D eigenvalue weighted by atomic mass is 10.0. The fourth-order valence-corrected chi connectivity index (χ4v) is 2.38. The van der Waals surface area contributed by atoms with Gasteiger partial charge in [-0.05, 0) is 31.5 Å². The molecule has 0 bridgehead atoms. The molecule has 4 nitrogen and oxygen atoms in total. The SMILES string of the molecule is Cc1nn(CCC(N)=O)c(C)c1-c1ccc(F)c(Cl)c1. The van der Waals surface area contributed by atoms with Crippen LogP contribution in [0.5, 0.6) is 0 Å². The van der Waals surface area contributed by atoms with Gasteiger partial charge in [0.05, 0.1) is 10.7 Å². The number of nitrogens with zero attached hydrogens (tertiary/aromatic N) is 2. The summed E-state index contributed by atoms with van der Waals surface area (Å²) in [5.74, 6) is -0.823. The zero-order chi connectivity index (χ0) is 14.9. The van der Waals surface area contributed by atoms with Crippen molar-refractivity contribution < 1.29 is 9.18 Å². The number of amides is 1. The molecule has 1 amide bonds. The summed E-state index contributed by atoms with van der Waals surface area (Å²) in [6, 6.07) is 4.57. The van der Waals surface area contributed by atoms with Crippen LogP contribution in [-0.4, -0.2) is 15.7 Å². The smallest absolute Gasteiger partial charge is 0.219 e. The van der Waals surface area contributed by atoms with Crippen LogP contribution < -0.4 is 5.73 Å². The Kier molecular flexibility index (Phi) is 4.09. The molecule has 0 saturated heterocycles. The minimum Gasteiger partial charge on any atom is -0.370 e. The Bertz CT molecular complexity index is 667. The number of carbonyl (C=O) groups is 1. The highest BCUT2D eigenvalue weighted by atomic mass is 35.5. The van der Waals surface area contributed by atoms with Crippen molar-refractivity contribution >= 4 is 17.5 Å². The molecule has 0 aliphatic heterocycles. The molecule has 1 aromatic heterocycles. The highest BCUT2D eigenvalue weighted by molar-refractivity contribution is 6.31. The number of benzene rings is 1. The van der Waals surface area contributed by atoms with E-state index in [1.807, 2.05) is 13.8 Å². The lowest BCUT2D eigenvalue weighted by molar-refractivity contribution is -0.118. The summed E-state index contributed by atoms with van der Waals surface area (Å²) in [7, 11) is 0. The number of aryl methyl sites for hydroxylation is 2. The van der Waals surface area contributed by atoms with Gasteiger partial charge in [-0.15, -0.1) is 0 Å². The van der Waals surface area contributed by atoms with Crippen molar-refractivity contribution in [3.05, 3.63) is 40.4 Å². The van der Waals surface area contributed by atoms with E-state index in [9.17, 15) is 9.18 Å². The van der Waals surface area contributed by atoms with Crippen LogP contribution in [0.2, 0.25) is 5.02 Å². The maximum Gasteiger partial charge on any atom is 0.219 e. The van der Waals surface area contributed by atoms with Gasteiger partial charge in [-0.3, -0.25) is 9.48 Å². The first-order valence-corrected chi connectivity index (χ1v) is 6.55. The van der Waals surface area contributed by atoms with Gasteiger partial charge in [0.25, 0.3) is 0 Å². The molecule has 2 N–H and O–H groups in total. The van der Waals surface area contributed by atoms with Crippen LogP contribution in [-0.2, 0) is 11.3 Å². The maximum absolute atomic E-state index is 13.2. The molecule has 0 radical (unpaired) electrons. The molecule has 0 spiro atoms. The first-order valence-electron chi connectivity index (χ1n) is 6.18. The Labute approximate surface area is 121 Å². The van der Waals surface area contributed by atoms with Gasteiger partial charge in [-0.2, -0.15) is 5.10 Å². The summed E-state index contributed by atoms with van der Waals surface area (Å²) in [5.41, 5.74) is 8.54. The summed E-state index contributed by atoms with van der Waals surface area (Å²) >= 11 is 5.81. The maximum atomic E-state index is 13.2. The Hall–Kier alpha value is -1.88. The molecule has 1 heterocycles. The van der Waals surface area contributed by atoms with Crippen LogP contribution in [0.4, 0.5) is 4.39 Å². The van der Waals surface area contributed by atoms with Crippen molar-refractivity contribution in [1.29, 1.82) is 0 Å². The normalized spacial score (nSPS) is 10.8. The first kappa shape index (κ1) is 14.5. The van der Waals surface area contributed by atoms with Crippen molar-refractivity contribution in [3.8, 4) is 11.1 Å². The van der Waals surface area contributed by atoms with Gasteiger partial charge in [0.2, 0.25) is 5.91 Å². The van der Waals surface area contributed by atoms with Crippen LogP contribution in [0.3, 0.4) is 0 Å². The van der Waals surface area contributed by atoms with E-state index in [0.29, 0.717) is 6.54 Å².